The van der Waals surface area contributed by atoms with Gasteiger partial charge in [0, 0.05) is 21.4 Å². The number of nitrogens with one attached hydrogen (secondary N) is 2. The number of benzene rings is 3. The molecule has 3 aromatic rings. The Bertz CT molecular complexity index is 1140. The lowest BCUT2D eigenvalue weighted by atomic mass is 10.1. The van der Waals surface area contributed by atoms with Gasteiger partial charge in [0.25, 0.3) is 15.9 Å². The van der Waals surface area contributed by atoms with Gasteiger partial charge in [-0.05, 0) is 68.4 Å². The zero-order valence-corrected chi connectivity index (χ0v) is 18.9. The highest BCUT2D eigenvalue weighted by atomic mass is 79.9. The van der Waals surface area contributed by atoms with Crippen molar-refractivity contribution in [1.29, 1.82) is 0 Å². The number of sulfonamides is 1. The van der Waals surface area contributed by atoms with E-state index in [1.165, 1.54) is 6.07 Å². The first-order valence-electron chi connectivity index (χ1n) is 9.22. The summed E-state index contributed by atoms with van der Waals surface area (Å²) in [6, 6.07) is 18.5. The fourth-order valence-electron chi connectivity index (χ4n) is 2.71. The summed E-state index contributed by atoms with van der Waals surface area (Å²) in [5.74, 6) is 0.0361. The van der Waals surface area contributed by atoms with E-state index in [0.29, 0.717) is 28.0 Å². The van der Waals surface area contributed by atoms with Gasteiger partial charge in [-0.1, -0.05) is 33.6 Å². The molecule has 0 fully saturated rings. The van der Waals surface area contributed by atoms with Crippen molar-refractivity contribution in [2.75, 3.05) is 16.6 Å². The van der Waals surface area contributed by atoms with Crippen LogP contribution in [0.25, 0.3) is 0 Å². The molecule has 156 valence electrons. The molecule has 0 aliphatic heterocycles. The third kappa shape index (κ3) is 5.40. The molecule has 0 aromatic heterocycles. The van der Waals surface area contributed by atoms with Gasteiger partial charge in [0.1, 0.15) is 10.6 Å². The Morgan fingerprint density at radius 3 is 2.23 bits per heavy atom. The van der Waals surface area contributed by atoms with Crippen LogP contribution in [0, 0.1) is 6.92 Å². The van der Waals surface area contributed by atoms with Gasteiger partial charge in [-0.15, -0.1) is 0 Å². The number of hydrogen-bond donors (Lipinski definition) is 2. The van der Waals surface area contributed by atoms with Crippen LogP contribution in [0.5, 0.6) is 5.75 Å². The number of ether oxygens (including phenoxy) is 1. The van der Waals surface area contributed by atoms with Gasteiger partial charge >= 0.3 is 0 Å². The molecule has 0 radical (unpaired) electrons. The summed E-state index contributed by atoms with van der Waals surface area (Å²) in [6.45, 7) is 4.09. The number of hydrogen-bond acceptors (Lipinski definition) is 4. The van der Waals surface area contributed by atoms with E-state index in [-0.39, 0.29) is 16.6 Å². The van der Waals surface area contributed by atoms with Gasteiger partial charge < -0.3 is 10.1 Å². The lowest BCUT2D eigenvalue weighted by Crippen LogP contribution is -2.15. The highest BCUT2D eigenvalue weighted by Crippen LogP contribution is 2.29. The number of aryl methyl sites for hydroxylation is 1. The first kappa shape index (κ1) is 21.9. The molecule has 0 aliphatic carbocycles. The predicted octanol–water partition coefficient (Wildman–Crippen LogP) is 5.21. The van der Waals surface area contributed by atoms with Gasteiger partial charge in [-0.3, -0.25) is 9.52 Å². The standard InChI is InChI=1S/C22H21BrN2O4S/c1-3-29-20-13-8-17(23)14-21(20)30(27,28)25-19-11-9-18(10-12-19)24-22(26)16-6-4-15(2)5-7-16/h4-14,25H,3H2,1-2H3,(H,24,26). The van der Waals surface area contributed by atoms with Crippen molar-refractivity contribution in [3.8, 4) is 5.75 Å². The van der Waals surface area contributed by atoms with E-state index in [1.807, 2.05) is 19.1 Å². The van der Waals surface area contributed by atoms with E-state index in [0.717, 1.165) is 5.56 Å². The summed E-state index contributed by atoms with van der Waals surface area (Å²) in [7, 11) is -3.86. The number of anilines is 2. The molecule has 0 unspecified atom stereocenters. The number of carbonyl (C=O) groups is 1. The summed E-state index contributed by atoms with van der Waals surface area (Å²) in [5.41, 5.74) is 2.54. The van der Waals surface area contributed by atoms with Gasteiger partial charge in [0.05, 0.1) is 6.61 Å². The SMILES string of the molecule is CCOc1ccc(Br)cc1S(=O)(=O)Nc1ccc(NC(=O)c2ccc(C)cc2)cc1. The summed E-state index contributed by atoms with van der Waals surface area (Å²) in [4.78, 5) is 12.4. The topological polar surface area (TPSA) is 84.5 Å². The van der Waals surface area contributed by atoms with E-state index >= 15 is 0 Å². The predicted molar refractivity (Wildman–Crippen MR) is 122 cm³/mol. The number of amides is 1. The normalized spacial score (nSPS) is 11.0. The van der Waals surface area contributed by atoms with Gasteiger partial charge in [0.2, 0.25) is 0 Å². The van der Waals surface area contributed by atoms with Crippen molar-refractivity contribution in [3.63, 3.8) is 0 Å². The number of carbonyl (C=O) groups excluding carboxylic acids is 1. The molecule has 0 saturated heterocycles. The quantitative estimate of drug-likeness (QED) is 0.477. The van der Waals surface area contributed by atoms with Crippen LogP contribution in [-0.2, 0) is 10.0 Å². The second-order valence-electron chi connectivity index (χ2n) is 6.53. The first-order chi connectivity index (χ1) is 14.3. The molecule has 30 heavy (non-hydrogen) atoms. The van der Waals surface area contributed by atoms with E-state index in [2.05, 4.69) is 26.0 Å². The van der Waals surface area contributed by atoms with Crippen molar-refractivity contribution in [1.82, 2.24) is 0 Å². The van der Waals surface area contributed by atoms with Crippen molar-refractivity contribution >= 4 is 43.2 Å². The van der Waals surface area contributed by atoms with Crippen LogP contribution in [-0.4, -0.2) is 20.9 Å². The Hall–Kier alpha value is -2.84. The van der Waals surface area contributed by atoms with Gasteiger partial charge in [0.15, 0.2) is 0 Å². The van der Waals surface area contributed by atoms with E-state index in [4.69, 9.17) is 4.74 Å². The molecule has 0 saturated carbocycles. The van der Waals surface area contributed by atoms with Gasteiger partial charge in [-0.25, -0.2) is 8.42 Å². The summed E-state index contributed by atoms with van der Waals surface area (Å²) in [6.07, 6.45) is 0. The minimum atomic E-state index is -3.86. The fraction of sp³-hybridized carbons (Fsp3) is 0.136. The minimum Gasteiger partial charge on any atom is -0.492 e. The van der Waals surface area contributed by atoms with Crippen LogP contribution in [0.15, 0.2) is 76.1 Å². The Kier molecular flexibility index (Phi) is 6.79. The minimum absolute atomic E-state index is 0.0375. The summed E-state index contributed by atoms with van der Waals surface area (Å²) in [5, 5.41) is 2.79. The molecule has 0 bridgehead atoms. The lowest BCUT2D eigenvalue weighted by molar-refractivity contribution is 0.102. The Labute approximate surface area is 184 Å². The molecule has 0 heterocycles. The molecule has 8 heteroatoms. The third-order valence-corrected chi connectivity index (χ3v) is 6.10. The smallest absolute Gasteiger partial charge is 0.265 e. The largest absolute Gasteiger partial charge is 0.492 e. The summed E-state index contributed by atoms with van der Waals surface area (Å²) < 4.78 is 34.3. The molecule has 0 spiro atoms. The monoisotopic (exact) mass is 488 g/mol. The Morgan fingerprint density at radius 2 is 1.60 bits per heavy atom. The highest BCUT2D eigenvalue weighted by molar-refractivity contribution is 9.10. The van der Waals surface area contributed by atoms with Crippen LogP contribution in [0.1, 0.15) is 22.8 Å². The molecule has 0 atom stereocenters. The van der Waals surface area contributed by atoms with Crippen LogP contribution < -0.4 is 14.8 Å². The van der Waals surface area contributed by atoms with E-state index < -0.39 is 10.0 Å². The Morgan fingerprint density at radius 1 is 0.967 bits per heavy atom. The maximum Gasteiger partial charge on any atom is 0.265 e. The lowest BCUT2D eigenvalue weighted by Gasteiger charge is -2.13. The molecule has 0 aliphatic rings. The highest BCUT2D eigenvalue weighted by Gasteiger charge is 2.20. The van der Waals surface area contributed by atoms with Crippen LogP contribution in [0.4, 0.5) is 11.4 Å². The first-order valence-corrected chi connectivity index (χ1v) is 11.5. The second kappa shape index (κ2) is 9.32. The average molecular weight is 489 g/mol. The summed E-state index contributed by atoms with van der Waals surface area (Å²) >= 11 is 3.29. The molecule has 3 rings (SSSR count). The van der Waals surface area contributed by atoms with Crippen molar-refractivity contribution in [2.45, 2.75) is 18.7 Å². The van der Waals surface area contributed by atoms with E-state index in [1.54, 1.807) is 55.5 Å². The van der Waals surface area contributed by atoms with Crippen molar-refractivity contribution < 1.29 is 17.9 Å². The molecular weight excluding hydrogens is 468 g/mol. The van der Waals surface area contributed by atoms with Crippen molar-refractivity contribution in [3.05, 3.63) is 82.3 Å². The van der Waals surface area contributed by atoms with Crippen LogP contribution in [0.2, 0.25) is 0 Å². The van der Waals surface area contributed by atoms with Crippen LogP contribution in [0.3, 0.4) is 0 Å². The second-order valence-corrected chi connectivity index (χ2v) is 9.09. The zero-order chi connectivity index (χ0) is 21.7. The van der Waals surface area contributed by atoms with Crippen molar-refractivity contribution in [2.24, 2.45) is 0 Å². The molecule has 6 nitrogen and oxygen atoms in total. The number of rotatable bonds is 7. The van der Waals surface area contributed by atoms with Gasteiger partial charge in [-0.2, -0.15) is 0 Å². The maximum atomic E-state index is 12.8. The third-order valence-electron chi connectivity index (χ3n) is 4.20. The fourth-order valence-corrected chi connectivity index (χ4v) is 4.45. The maximum absolute atomic E-state index is 12.8. The molecule has 2 N–H and O–H groups in total. The zero-order valence-electron chi connectivity index (χ0n) is 16.5. The molecular formula is C22H21BrN2O4S. The Balaban J connectivity index is 1.74. The molecule has 1 amide bonds. The van der Waals surface area contributed by atoms with Crippen LogP contribution >= 0.6 is 15.9 Å². The average Bonchev–Trinajstić information content (AvgIpc) is 2.71. The number of halogens is 1. The van der Waals surface area contributed by atoms with E-state index in [9.17, 15) is 13.2 Å². The molecule has 3 aromatic carbocycles.